The van der Waals surface area contributed by atoms with Crippen LogP contribution >= 0.6 is 0 Å². The van der Waals surface area contributed by atoms with Crippen LogP contribution in [0, 0.1) is 0 Å². The summed E-state index contributed by atoms with van der Waals surface area (Å²) in [5.41, 5.74) is 0.226. The maximum atomic E-state index is 12.2. The van der Waals surface area contributed by atoms with E-state index in [4.69, 9.17) is 14.6 Å². The van der Waals surface area contributed by atoms with Crippen LogP contribution in [0.15, 0.2) is 30.3 Å². The van der Waals surface area contributed by atoms with Crippen LogP contribution in [0.25, 0.3) is 0 Å². The summed E-state index contributed by atoms with van der Waals surface area (Å²) in [5.74, 6) is -0.503. The van der Waals surface area contributed by atoms with E-state index in [9.17, 15) is 9.59 Å². The van der Waals surface area contributed by atoms with Crippen LogP contribution in [0.2, 0.25) is 0 Å². The highest BCUT2D eigenvalue weighted by molar-refractivity contribution is 5.81. The fourth-order valence-electron chi connectivity index (χ4n) is 1.99. The Morgan fingerprint density at radius 2 is 1.83 bits per heavy atom. The molecule has 0 aliphatic carbocycles. The molecule has 0 aliphatic heterocycles. The van der Waals surface area contributed by atoms with E-state index in [0.717, 1.165) is 5.56 Å². The molecule has 0 fully saturated rings. The maximum Gasteiger partial charge on any atom is 0.408 e. The van der Waals surface area contributed by atoms with Gasteiger partial charge in [-0.25, -0.2) is 9.59 Å². The lowest BCUT2D eigenvalue weighted by atomic mass is 10.1. The quantitative estimate of drug-likeness (QED) is 0.563. The molecule has 134 valence electrons. The Morgan fingerprint density at radius 1 is 1.17 bits per heavy atom. The van der Waals surface area contributed by atoms with E-state index >= 15 is 0 Å². The Labute approximate surface area is 143 Å². The van der Waals surface area contributed by atoms with Crippen LogP contribution in [-0.4, -0.2) is 35.4 Å². The summed E-state index contributed by atoms with van der Waals surface area (Å²) in [5, 5.41) is 11.4. The minimum absolute atomic E-state index is 0.0412. The van der Waals surface area contributed by atoms with Crippen molar-refractivity contribution in [3.8, 4) is 0 Å². The molecule has 0 saturated heterocycles. The third kappa shape index (κ3) is 8.53. The second-order valence-electron chi connectivity index (χ2n) is 6.51. The SMILES string of the molecule is CC(C)(C)OC(=O)C(CCCCO)NC(=O)OCc1ccccc1. The second kappa shape index (κ2) is 9.93. The first-order valence-electron chi connectivity index (χ1n) is 8.13. The molecular formula is C18H27NO5. The molecular weight excluding hydrogens is 310 g/mol. The second-order valence-corrected chi connectivity index (χ2v) is 6.51. The number of unbranched alkanes of at least 4 members (excludes halogenated alkanes) is 1. The molecule has 24 heavy (non-hydrogen) atoms. The fourth-order valence-corrected chi connectivity index (χ4v) is 1.99. The number of carbonyl (C=O) groups excluding carboxylic acids is 2. The zero-order valence-electron chi connectivity index (χ0n) is 14.6. The van der Waals surface area contributed by atoms with Crippen molar-refractivity contribution in [2.75, 3.05) is 6.61 Å². The number of benzene rings is 1. The van der Waals surface area contributed by atoms with Crippen molar-refractivity contribution in [2.24, 2.45) is 0 Å². The lowest BCUT2D eigenvalue weighted by molar-refractivity contribution is -0.157. The number of hydrogen-bond donors (Lipinski definition) is 2. The van der Waals surface area contributed by atoms with Crippen LogP contribution < -0.4 is 5.32 Å². The Bertz CT molecular complexity index is 510. The molecule has 0 spiro atoms. The monoisotopic (exact) mass is 337 g/mol. The van der Waals surface area contributed by atoms with Crippen molar-refractivity contribution in [1.29, 1.82) is 0 Å². The number of nitrogens with one attached hydrogen (secondary N) is 1. The number of esters is 1. The van der Waals surface area contributed by atoms with Crippen molar-refractivity contribution in [3.63, 3.8) is 0 Å². The molecule has 0 aromatic heterocycles. The topological polar surface area (TPSA) is 84.9 Å². The molecule has 1 atom stereocenters. The zero-order valence-corrected chi connectivity index (χ0v) is 14.6. The zero-order chi connectivity index (χ0) is 18.0. The number of rotatable bonds is 8. The summed E-state index contributed by atoms with van der Waals surface area (Å²) in [6.07, 6.45) is 0.869. The maximum absolute atomic E-state index is 12.2. The minimum Gasteiger partial charge on any atom is -0.458 e. The standard InChI is InChI=1S/C18H27NO5/c1-18(2,3)24-16(21)15(11-7-8-12-20)19-17(22)23-13-14-9-5-4-6-10-14/h4-6,9-10,15,20H,7-8,11-13H2,1-3H3,(H,19,22). The summed E-state index contributed by atoms with van der Waals surface area (Å²) >= 11 is 0. The number of aliphatic hydroxyl groups excluding tert-OH is 1. The number of hydrogen-bond acceptors (Lipinski definition) is 5. The van der Waals surface area contributed by atoms with Crippen molar-refractivity contribution in [3.05, 3.63) is 35.9 Å². The van der Waals surface area contributed by atoms with Crippen LogP contribution in [0.4, 0.5) is 4.79 Å². The van der Waals surface area contributed by atoms with Gasteiger partial charge in [-0.3, -0.25) is 0 Å². The first-order valence-corrected chi connectivity index (χ1v) is 8.13. The van der Waals surface area contributed by atoms with E-state index in [-0.39, 0.29) is 13.2 Å². The lowest BCUT2D eigenvalue weighted by Gasteiger charge is -2.24. The van der Waals surface area contributed by atoms with E-state index < -0.39 is 23.7 Å². The van der Waals surface area contributed by atoms with Gasteiger partial charge in [0, 0.05) is 6.61 Å². The largest absolute Gasteiger partial charge is 0.458 e. The van der Waals surface area contributed by atoms with E-state index in [2.05, 4.69) is 5.32 Å². The van der Waals surface area contributed by atoms with Gasteiger partial charge in [-0.1, -0.05) is 30.3 Å². The van der Waals surface area contributed by atoms with Gasteiger partial charge in [-0.05, 0) is 45.6 Å². The molecule has 1 rings (SSSR count). The molecule has 1 amide bonds. The Morgan fingerprint density at radius 3 is 2.42 bits per heavy atom. The molecule has 0 radical (unpaired) electrons. The number of carbonyl (C=O) groups is 2. The van der Waals surface area contributed by atoms with E-state index in [1.807, 2.05) is 30.3 Å². The first-order chi connectivity index (χ1) is 11.3. The molecule has 6 nitrogen and oxygen atoms in total. The molecule has 0 saturated carbocycles. The highest BCUT2D eigenvalue weighted by Gasteiger charge is 2.26. The summed E-state index contributed by atoms with van der Waals surface area (Å²) in [6, 6.07) is 8.49. The van der Waals surface area contributed by atoms with Crippen molar-refractivity contribution < 1.29 is 24.2 Å². The molecule has 2 N–H and O–H groups in total. The predicted molar refractivity (Wildman–Crippen MR) is 90.3 cm³/mol. The number of aliphatic hydroxyl groups is 1. The summed E-state index contributed by atoms with van der Waals surface area (Å²) in [7, 11) is 0. The average molecular weight is 337 g/mol. The molecule has 1 unspecified atom stereocenters. The first kappa shape index (κ1) is 20.0. The van der Waals surface area contributed by atoms with Gasteiger partial charge >= 0.3 is 12.1 Å². The molecule has 1 aromatic carbocycles. The van der Waals surface area contributed by atoms with Crippen molar-refractivity contribution in [2.45, 2.75) is 58.3 Å². The molecule has 0 heterocycles. The average Bonchev–Trinajstić information content (AvgIpc) is 2.51. The normalized spacial score (nSPS) is 12.3. The van der Waals surface area contributed by atoms with Crippen LogP contribution in [0.3, 0.4) is 0 Å². The van der Waals surface area contributed by atoms with Gasteiger partial charge in [0.25, 0.3) is 0 Å². The predicted octanol–water partition coefficient (Wildman–Crippen LogP) is 2.79. The lowest BCUT2D eigenvalue weighted by Crippen LogP contribution is -2.44. The Balaban J connectivity index is 2.55. The van der Waals surface area contributed by atoms with Crippen LogP contribution in [-0.2, 0) is 20.9 Å². The van der Waals surface area contributed by atoms with Gasteiger partial charge in [0.15, 0.2) is 0 Å². The third-order valence-corrected chi connectivity index (χ3v) is 3.10. The van der Waals surface area contributed by atoms with Gasteiger partial charge in [-0.15, -0.1) is 0 Å². The number of ether oxygens (including phenoxy) is 2. The molecule has 0 bridgehead atoms. The smallest absolute Gasteiger partial charge is 0.408 e. The van der Waals surface area contributed by atoms with Gasteiger partial charge in [-0.2, -0.15) is 0 Å². The van der Waals surface area contributed by atoms with Gasteiger partial charge in [0.1, 0.15) is 18.2 Å². The van der Waals surface area contributed by atoms with Crippen LogP contribution in [0.5, 0.6) is 0 Å². The minimum atomic E-state index is -0.793. The highest BCUT2D eigenvalue weighted by atomic mass is 16.6. The van der Waals surface area contributed by atoms with Gasteiger partial charge in [0.2, 0.25) is 0 Å². The number of amides is 1. The van der Waals surface area contributed by atoms with Crippen molar-refractivity contribution >= 4 is 12.1 Å². The number of alkyl carbamates (subject to hydrolysis) is 1. The fraction of sp³-hybridized carbons (Fsp3) is 0.556. The van der Waals surface area contributed by atoms with E-state index in [0.29, 0.717) is 19.3 Å². The summed E-state index contributed by atoms with van der Waals surface area (Å²) in [6.45, 7) is 5.47. The van der Waals surface area contributed by atoms with Gasteiger partial charge < -0.3 is 19.9 Å². The molecule has 6 heteroatoms. The molecule has 0 aliphatic rings. The summed E-state index contributed by atoms with van der Waals surface area (Å²) in [4.78, 5) is 24.1. The molecule has 1 aromatic rings. The van der Waals surface area contributed by atoms with E-state index in [1.165, 1.54) is 0 Å². The third-order valence-electron chi connectivity index (χ3n) is 3.10. The van der Waals surface area contributed by atoms with Gasteiger partial charge in [0.05, 0.1) is 0 Å². The van der Waals surface area contributed by atoms with Crippen molar-refractivity contribution in [1.82, 2.24) is 5.32 Å². The Kier molecular flexibility index (Phi) is 8.26. The van der Waals surface area contributed by atoms with Crippen LogP contribution in [0.1, 0.15) is 45.6 Å². The Hall–Kier alpha value is -2.08. The highest BCUT2D eigenvalue weighted by Crippen LogP contribution is 2.12. The van der Waals surface area contributed by atoms with E-state index in [1.54, 1.807) is 20.8 Å². The summed E-state index contributed by atoms with van der Waals surface area (Å²) < 4.78 is 10.5.